The van der Waals surface area contributed by atoms with Gasteiger partial charge in [0.2, 0.25) is 0 Å². The van der Waals surface area contributed by atoms with Gasteiger partial charge in [-0.2, -0.15) is 0 Å². The van der Waals surface area contributed by atoms with E-state index < -0.39 is 0 Å². The Morgan fingerprint density at radius 2 is 1.93 bits per heavy atom. The fourth-order valence-corrected chi connectivity index (χ4v) is 2.13. The van der Waals surface area contributed by atoms with E-state index in [1.165, 1.54) is 16.7 Å². The van der Waals surface area contributed by atoms with Crippen molar-refractivity contribution >= 4 is 5.57 Å². The first kappa shape index (κ1) is 9.26. The Labute approximate surface area is 85.6 Å². The molecular weight excluding hydrogens is 170 g/mol. The predicted octanol–water partition coefficient (Wildman–Crippen LogP) is 2.44. The molecule has 0 atom stereocenters. The van der Waals surface area contributed by atoms with Gasteiger partial charge in [0.1, 0.15) is 13.1 Å². The van der Waals surface area contributed by atoms with Crippen LogP contribution in [0.25, 0.3) is 5.57 Å². The Kier molecular flexibility index (Phi) is 2.07. The van der Waals surface area contributed by atoms with Crippen molar-refractivity contribution in [1.29, 1.82) is 0 Å². The number of likely N-dealkylation sites (N-methyl/N-ethyl adjacent to an activating group) is 1. The molecule has 0 unspecified atom stereocenters. The van der Waals surface area contributed by atoms with Gasteiger partial charge in [-0.05, 0) is 5.56 Å². The van der Waals surface area contributed by atoms with Gasteiger partial charge >= 0.3 is 0 Å². The summed E-state index contributed by atoms with van der Waals surface area (Å²) < 4.78 is 0.995. The first-order valence-electron chi connectivity index (χ1n) is 4.91. The van der Waals surface area contributed by atoms with Crippen LogP contribution in [0.5, 0.6) is 0 Å². The number of fused-ring (bicyclic) bond motifs is 1. The van der Waals surface area contributed by atoms with Gasteiger partial charge in [-0.1, -0.05) is 30.8 Å². The molecular formula is C13H16N+. The molecule has 0 aliphatic carbocycles. The molecule has 1 nitrogen and oxygen atoms in total. The Balaban J connectivity index is 2.57. The largest absolute Gasteiger partial charge is 0.320 e. The number of hydrogen-bond donors (Lipinski definition) is 0. The van der Waals surface area contributed by atoms with Crippen LogP contribution in [0.4, 0.5) is 0 Å². The standard InChI is InChI=1S/C13H16N/c1-4-11-9-14(2,3)10-12-7-5-6-8-13(11)12/h5-8H,1,9-10H2,2-3H3/q+1. The number of quaternary nitrogens is 1. The lowest BCUT2D eigenvalue weighted by molar-refractivity contribution is -0.897. The van der Waals surface area contributed by atoms with Crippen LogP contribution >= 0.6 is 0 Å². The van der Waals surface area contributed by atoms with Crippen molar-refractivity contribution < 1.29 is 4.48 Å². The van der Waals surface area contributed by atoms with E-state index in [0.29, 0.717) is 0 Å². The normalized spacial score (nSPS) is 18.6. The molecule has 72 valence electrons. The molecule has 0 radical (unpaired) electrons. The molecule has 14 heavy (non-hydrogen) atoms. The van der Waals surface area contributed by atoms with E-state index in [-0.39, 0.29) is 0 Å². The van der Waals surface area contributed by atoms with E-state index in [4.69, 9.17) is 0 Å². The quantitative estimate of drug-likeness (QED) is 0.431. The highest BCUT2D eigenvalue weighted by Gasteiger charge is 2.26. The van der Waals surface area contributed by atoms with E-state index >= 15 is 0 Å². The SMILES string of the molecule is C=C=C1C[N+](C)(C)Cc2ccccc21. The molecule has 1 aliphatic heterocycles. The lowest BCUT2D eigenvalue weighted by atomic mass is 9.94. The highest BCUT2D eigenvalue weighted by Crippen LogP contribution is 2.28. The minimum absolute atomic E-state index is 0.995. The fraction of sp³-hybridized carbons (Fsp3) is 0.308. The van der Waals surface area contributed by atoms with Crippen LogP contribution in [0.2, 0.25) is 0 Å². The first-order valence-corrected chi connectivity index (χ1v) is 4.91. The Hall–Kier alpha value is -1.30. The van der Waals surface area contributed by atoms with Gasteiger partial charge in [0.25, 0.3) is 0 Å². The minimum atomic E-state index is 0.995. The monoisotopic (exact) mass is 186 g/mol. The maximum atomic E-state index is 3.78. The fourth-order valence-electron chi connectivity index (χ4n) is 2.13. The van der Waals surface area contributed by atoms with Crippen LogP contribution in [0.15, 0.2) is 36.6 Å². The molecule has 2 rings (SSSR count). The van der Waals surface area contributed by atoms with Crippen molar-refractivity contribution in [1.82, 2.24) is 0 Å². The molecule has 1 aromatic carbocycles. The van der Waals surface area contributed by atoms with Crippen LogP contribution < -0.4 is 0 Å². The van der Waals surface area contributed by atoms with Crippen LogP contribution in [-0.2, 0) is 6.54 Å². The van der Waals surface area contributed by atoms with Crippen LogP contribution in [0, 0.1) is 0 Å². The van der Waals surface area contributed by atoms with Gasteiger partial charge in [0, 0.05) is 5.56 Å². The summed E-state index contributed by atoms with van der Waals surface area (Å²) in [6, 6.07) is 8.56. The van der Waals surface area contributed by atoms with Crippen molar-refractivity contribution in [2.75, 3.05) is 20.6 Å². The third-order valence-corrected chi connectivity index (χ3v) is 2.74. The maximum absolute atomic E-state index is 3.78. The summed E-state index contributed by atoms with van der Waals surface area (Å²) in [6.45, 7) is 5.90. The molecule has 0 bridgehead atoms. The van der Waals surface area contributed by atoms with E-state index in [2.05, 4.69) is 50.7 Å². The summed E-state index contributed by atoms with van der Waals surface area (Å²) in [7, 11) is 4.49. The Morgan fingerprint density at radius 3 is 2.64 bits per heavy atom. The second-order valence-corrected chi connectivity index (χ2v) is 4.56. The number of rotatable bonds is 0. The van der Waals surface area contributed by atoms with Gasteiger partial charge in [0.05, 0.1) is 19.7 Å². The molecule has 1 aromatic rings. The average molecular weight is 186 g/mol. The molecule has 1 heterocycles. The predicted molar refractivity (Wildman–Crippen MR) is 59.7 cm³/mol. The molecule has 0 fully saturated rings. The lowest BCUT2D eigenvalue weighted by Crippen LogP contribution is -2.42. The summed E-state index contributed by atoms with van der Waals surface area (Å²) in [4.78, 5) is 0. The zero-order valence-electron chi connectivity index (χ0n) is 8.88. The Bertz CT molecular complexity index is 409. The zero-order valence-corrected chi connectivity index (χ0v) is 8.88. The van der Waals surface area contributed by atoms with E-state index in [1.807, 2.05) is 0 Å². The van der Waals surface area contributed by atoms with E-state index in [9.17, 15) is 0 Å². The number of hydrogen-bond acceptors (Lipinski definition) is 0. The molecule has 0 saturated carbocycles. The smallest absolute Gasteiger partial charge is 0.112 e. The maximum Gasteiger partial charge on any atom is 0.112 e. The van der Waals surface area contributed by atoms with Gasteiger partial charge in [0.15, 0.2) is 0 Å². The molecule has 0 spiro atoms. The molecule has 0 aromatic heterocycles. The molecule has 1 heteroatoms. The van der Waals surface area contributed by atoms with Crippen LogP contribution in [0.1, 0.15) is 11.1 Å². The van der Waals surface area contributed by atoms with Crippen molar-refractivity contribution in [2.24, 2.45) is 0 Å². The van der Waals surface area contributed by atoms with Gasteiger partial charge in [-0.15, -0.1) is 5.73 Å². The third-order valence-electron chi connectivity index (χ3n) is 2.74. The van der Waals surface area contributed by atoms with Crippen molar-refractivity contribution in [2.45, 2.75) is 6.54 Å². The average Bonchev–Trinajstić information content (AvgIpc) is 2.15. The molecule has 1 aliphatic rings. The highest BCUT2D eigenvalue weighted by atomic mass is 15.3. The summed E-state index contributed by atoms with van der Waals surface area (Å²) >= 11 is 0. The molecule has 0 saturated heterocycles. The van der Waals surface area contributed by atoms with Crippen molar-refractivity contribution in [3.8, 4) is 0 Å². The third kappa shape index (κ3) is 1.52. The topological polar surface area (TPSA) is 0 Å². The summed E-state index contributed by atoms with van der Waals surface area (Å²) in [5.74, 6) is 0. The summed E-state index contributed by atoms with van der Waals surface area (Å²) in [5.41, 5.74) is 7.06. The second kappa shape index (κ2) is 3.13. The second-order valence-electron chi connectivity index (χ2n) is 4.56. The van der Waals surface area contributed by atoms with Gasteiger partial charge in [-0.3, -0.25) is 0 Å². The van der Waals surface area contributed by atoms with Gasteiger partial charge in [-0.25, -0.2) is 0 Å². The Morgan fingerprint density at radius 1 is 1.21 bits per heavy atom. The van der Waals surface area contributed by atoms with Gasteiger partial charge < -0.3 is 4.48 Å². The highest BCUT2D eigenvalue weighted by molar-refractivity contribution is 5.69. The zero-order chi connectivity index (χ0) is 10.2. The van der Waals surface area contributed by atoms with Crippen molar-refractivity contribution in [3.05, 3.63) is 47.7 Å². The molecule has 0 N–H and O–H groups in total. The summed E-state index contributed by atoms with van der Waals surface area (Å²) in [6.07, 6.45) is 0. The lowest BCUT2D eigenvalue weighted by Gasteiger charge is -2.35. The van der Waals surface area contributed by atoms with E-state index in [0.717, 1.165) is 17.6 Å². The summed E-state index contributed by atoms with van der Waals surface area (Å²) in [5, 5.41) is 0. The first-order chi connectivity index (χ1) is 6.62. The number of nitrogens with zero attached hydrogens (tertiary/aromatic N) is 1. The van der Waals surface area contributed by atoms with Crippen LogP contribution in [-0.4, -0.2) is 25.1 Å². The number of benzene rings is 1. The van der Waals surface area contributed by atoms with E-state index in [1.54, 1.807) is 0 Å². The minimum Gasteiger partial charge on any atom is -0.320 e. The molecule has 0 amide bonds. The van der Waals surface area contributed by atoms with Crippen LogP contribution in [0.3, 0.4) is 0 Å². The van der Waals surface area contributed by atoms with Crippen molar-refractivity contribution in [3.63, 3.8) is 0 Å².